The number of hydrogen-bond donors (Lipinski definition) is 0. The number of likely N-dealkylation sites (N-methyl/N-ethyl adjacent to an activating group) is 1. The van der Waals surface area contributed by atoms with Gasteiger partial charge >= 0.3 is 0 Å². The van der Waals surface area contributed by atoms with E-state index in [4.69, 9.17) is 0 Å². The van der Waals surface area contributed by atoms with E-state index in [1.54, 1.807) is 8.61 Å². The largest absolute Gasteiger partial charge is 0.301 e. The van der Waals surface area contributed by atoms with Crippen LogP contribution in [0.3, 0.4) is 0 Å². The molecular formula is C15H30N4O2S. The summed E-state index contributed by atoms with van der Waals surface area (Å²) >= 11 is 0. The van der Waals surface area contributed by atoms with Crippen molar-refractivity contribution >= 4 is 10.2 Å². The zero-order valence-corrected chi connectivity index (χ0v) is 14.6. The molecule has 0 aromatic rings. The van der Waals surface area contributed by atoms with Crippen LogP contribution in [0.4, 0.5) is 0 Å². The lowest BCUT2D eigenvalue weighted by Crippen LogP contribution is -2.54. The van der Waals surface area contributed by atoms with Crippen LogP contribution >= 0.6 is 0 Å². The van der Waals surface area contributed by atoms with Gasteiger partial charge in [0.1, 0.15) is 0 Å². The molecule has 0 saturated carbocycles. The standard InChI is InChI=1S/C15H30N4O2S/c1-2-16-11-13-17(14-12-16)15-5-9-19(10-6-15)22(20,21)18-7-3-4-8-18/h15H,2-14H2,1H3. The molecule has 3 fully saturated rings. The molecule has 0 bridgehead atoms. The normalized spacial score (nSPS) is 28.4. The maximum atomic E-state index is 12.6. The van der Waals surface area contributed by atoms with Crippen molar-refractivity contribution in [3.05, 3.63) is 0 Å². The van der Waals surface area contributed by atoms with Gasteiger partial charge in [-0.2, -0.15) is 17.0 Å². The summed E-state index contributed by atoms with van der Waals surface area (Å²) in [6.07, 6.45) is 3.99. The van der Waals surface area contributed by atoms with Gasteiger partial charge in [-0.3, -0.25) is 4.90 Å². The third-order valence-corrected chi connectivity index (χ3v) is 7.55. The second kappa shape index (κ2) is 7.13. The highest BCUT2D eigenvalue weighted by molar-refractivity contribution is 7.86. The molecule has 0 radical (unpaired) electrons. The summed E-state index contributed by atoms with van der Waals surface area (Å²) < 4.78 is 28.6. The lowest BCUT2D eigenvalue weighted by Gasteiger charge is -2.42. The minimum Gasteiger partial charge on any atom is -0.301 e. The van der Waals surface area contributed by atoms with Gasteiger partial charge in [0.2, 0.25) is 0 Å². The highest BCUT2D eigenvalue weighted by Crippen LogP contribution is 2.23. The Morgan fingerprint density at radius 1 is 0.818 bits per heavy atom. The molecule has 0 unspecified atom stereocenters. The van der Waals surface area contributed by atoms with Crippen molar-refractivity contribution in [2.24, 2.45) is 0 Å². The van der Waals surface area contributed by atoms with Gasteiger partial charge in [-0.05, 0) is 32.2 Å². The number of piperazine rings is 1. The van der Waals surface area contributed by atoms with Crippen molar-refractivity contribution in [2.75, 3.05) is 58.9 Å². The maximum Gasteiger partial charge on any atom is 0.281 e. The van der Waals surface area contributed by atoms with Gasteiger partial charge < -0.3 is 4.90 Å². The Labute approximate surface area is 135 Å². The third-order valence-electron chi connectivity index (χ3n) is 5.51. The van der Waals surface area contributed by atoms with E-state index in [0.717, 1.165) is 58.4 Å². The highest BCUT2D eigenvalue weighted by atomic mass is 32.2. The van der Waals surface area contributed by atoms with Crippen molar-refractivity contribution in [1.82, 2.24) is 18.4 Å². The molecule has 0 aliphatic carbocycles. The molecule has 3 saturated heterocycles. The molecule has 128 valence electrons. The highest BCUT2D eigenvalue weighted by Gasteiger charge is 2.35. The Bertz CT molecular complexity index is 448. The van der Waals surface area contributed by atoms with Crippen LogP contribution in [0.25, 0.3) is 0 Å². The second-order valence-electron chi connectivity index (χ2n) is 6.71. The van der Waals surface area contributed by atoms with E-state index in [2.05, 4.69) is 16.7 Å². The number of rotatable bonds is 4. The van der Waals surface area contributed by atoms with E-state index in [1.807, 2.05) is 0 Å². The van der Waals surface area contributed by atoms with E-state index in [-0.39, 0.29) is 0 Å². The first-order valence-electron chi connectivity index (χ1n) is 8.83. The van der Waals surface area contributed by atoms with Crippen LogP contribution in [0.2, 0.25) is 0 Å². The average Bonchev–Trinajstić information content (AvgIpc) is 3.10. The number of hydrogen-bond acceptors (Lipinski definition) is 4. The Balaban J connectivity index is 1.50. The molecular weight excluding hydrogens is 300 g/mol. The Kier molecular flexibility index (Phi) is 5.39. The van der Waals surface area contributed by atoms with E-state index in [0.29, 0.717) is 32.2 Å². The third kappa shape index (κ3) is 3.48. The molecule has 3 rings (SSSR count). The van der Waals surface area contributed by atoms with E-state index in [1.165, 1.54) is 0 Å². The van der Waals surface area contributed by atoms with Gasteiger partial charge in [0.25, 0.3) is 10.2 Å². The average molecular weight is 330 g/mol. The summed E-state index contributed by atoms with van der Waals surface area (Å²) in [5.41, 5.74) is 0. The van der Waals surface area contributed by atoms with Gasteiger partial charge in [-0.15, -0.1) is 0 Å². The van der Waals surface area contributed by atoms with Crippen molar-refractivity contribution in [2.45, 2.75) is 38.6 Å². The topological polar surface area (TPSA) is 47.1 Å². The van der Waals surface area contributed by atoms with Crippen molar-refractivity contribution in [3.8, 4) is 0 Å². The zero-order valence-electron chi connectivity index (χ0n) is 13.8. The summed E-state index contributed by atoms with van der Waals surface area (Å²) in [4.78, 5) is 5.06. The molecule has 0 amide bonds. The minimum absolute atomic E-state index is 0.573. The van der Waals surface area contributed by atoms with Crippen molar-refractivity contribution < 1.29 is 8.42 Å². The van der Waals surface area contributed by atoms with Crippen LogP contribution in [0.5, 0.6) is 0 Å². The first-order chi connectivity index (χ1) is 10.6. The van der Waals surface area contributed by atoms with Crippen LogP contribution in [-0.4, -0.2) is 91.8 Å². The first-order valence-corrected chi connectivity index (χ1v) is 10.2. The first kappa shape index (κ1) is 16.6. The molecule has 3 aliphatic rings. The van der Waals surface area contributed by atoms with Crippen molar-refractivity contribution in [1.29, 1.82) is 0 Å². The van der Waals surface area contributed by atoms with Gasteiger partial charge in [-0.25, -0.2) is 0 Å². The lowest BCUT2D eigenvalue weighted by atomic mass is 10.0. The molecule has 3 aliphatic heterocycles. The fraction of sp³-hybridized carbons (Fsp3) is 1.00. The molecule has 0 aromatic heterocycles. The van der Waals surface area contributed by atoms with E-state index >= 15 is 0 Å². The van der Waals surface area contributed by atoms with Crippen LogP contribution in [0.1, 0.15) is 32.6 Å². The monoisotopic (exact) mass is 330 g/mol. The smallest absolute Gasteiger partial charge is 0.281 e. The predicted octanol–water partition coefficient (Wildman–Crippen LogP) is 0.429. The summed E-state index contributed by atoms with van der Waals surface area (Å²) in [6, 6.07) is 0.573. The van der Waals surface area contributed by atoms with Gasteiger partial charge in [0, 0.05) is 58.4 Å². The summed E-state index contributed by atoms with van der Waals surface area (Å²) in [6.45, 7) is 10.7. The summed E-state index contributed by atoms with van der Waals surface area (Å²) in [7, 11) is -3.19. The molecule has 0 atom stereocenters. The fourth-order valence-electron chi connectivity index (χ4n) is 3.96. The van der Waals surface area contributed by atoms with Crippen molar-refractivity contribution in [3.63, 3.8) is 0 Å². The lowest BCUT2D eigenvalue weighted by molar-refractivity contribution is 0.0743. The maximum absolute atomic E-state index is 12.6. The van der Waals surface area contributed by atoms with Gasteiger partial charge in [0.05, 0.1) is 0 Å². The van der Waals surface area contributed by atoms with E-state index < -0.39 is 10.2 Å². The molecule has 0 N–H and O–H groups in total. The number of nitrogens with zero attached hydrogens (tertiary/aromatic N) is 4. The molecule has 7 heteroatoms. The van der Waals surface area contributed by atoms with Gasteiger partial charge in [-0.1, -0.05) is 6.92 Å². The molecule has 3 heterocycles. The molecule has 0 spiro atoms. The molecule has 22 heavy (non-hydrogen) atoms. The summed E-state index contributed by atoms with van der Waals surface area (Å²) in [5.74, 6) is 0. The SMILES string of the molecule is CCN1CCN(C2CCN(S(=O)(=O)N3CCCC3)CC2)CC1. The minimum atomic E-state index is -3.19. The van der Waals surface area contributed by atoms with Crippen LogP contribution in [-0.2, 0) is 10.2 Å². The molecule has 6 nitrogen and oxygen atoms in total. The molecule has 0 aromatic carbocycles. The zero-order chi connectivity index (χ0) is 15.6. The van der Waals surface area contributed by atoms with Gasteiger partial charge in [0.15, 0.2) is 0 Å². The quantitative estimate of drug-likeness (QED) is 0.750. The van der Waals surface area contributed by atoms with Crippen LogP contribution < -0.4 is 0 Å². The Morgan fingerprint density at radius 3 is 1.91 bits per heavy atom. The predicted molar refractivity (Wildman–Crippen MR) is 88.0 cm³/mol. The number of piperidine rings is 1. The fourth-order valence-corrected chi connectivity index (χ4v) is 5.68. The van der Waals surface area contributed by atoms with Crippen LogP contribution in [0.15, 0.2) is 0 Å². The summed E-state index contributed by atoms with van der Waals surface area (Å²) in [5, 5.41) is 0. The Hall–Kier alpha value is -0.210. The Morgan fingerprint density at radius 2 is 1.36 bits per heavy atom. The van der Waals surface area contributed by atoms with Crippen LogP contribution in [0, 0.1) is 0 Å². The van der Waals surface area contributed by atoms with E-state index in [9.17, 15) is 8.42 Å². The second-order valence-corrected chi connectivity index (χ2v) is 8.64.